The van der Waals surface area contributed by atoms with Crippen molar-refractivity contribution in [3.63, 3.8) is 0 Å². The number of methoxy groups -OCH3 is 1. The number of nitrogens with one attached hydrogen (secondary N) is 1. The highest BCUT2D eigenvalue weighted by Crippen LogP contribution is 2.37. The summed E-state index contributed by atoms with van der Waals surface area (Å²) >= 11 is 12.4. The minimum absolute atomic E-state index is 0.173. The second-order valence-corrected chi connectivity index (χ2v) is 9.70. The predicted molar refractivity (Wildman–Crippen MR) is 145 cm³/mol. The summed E-state index contributed by atoms with van der Waals surface area (Å²) in [7, 11) is 1.51. The second kappa shape index (κ2) is 10.00. The number of hydrogen-bond donors (Lipinski definition) is 1. The smallest absolute Gasteiger partial charge is 0.278 e. The summed E-state index contributed by atoms with van der Waals surface area (Å²) in [5, 5.41) is 3.98. The molecule has 0 fully saturated rings. The number of halogens is 2. The van der Waals surface area contributed by atoms with Crippen LogP contribution in [0.25, 0.3) is 5.69 Å². The topological polar surface area (TPSA) is 74.5 Å². The number of carbonyl (C=O) groups is 1. The summed E-state index contributed by atoms with van der Waals surface area (Å²) in [5.74, 6) is 1.00. The van der Waals surface area contributed by atoms with Gasteiger partial charge < -0.3 is 14.8 Å². The maximum Gasteiger partial charge on any atom is 0.278 e. The lowest BCUT2D eigenvalue weighted by atomic mass is 10.0. The molecule has 0 saturated heterocycles. The lowest BCUT2D eigenvalue weighted by Gasteiger charge is -2.20. The van der Waals surface area contributed by atoms with Gasteiger partial charge in [-0.05, 0) is 60.9 Å². The highest BCUT2D eigenvalue weighted by molar-refractivity contribution is 6.31. The van der Waals surface area contributed by atoms with E-state index < -0.39 is 0 Å². The summed E-state index contributed by atoms with van der Waals surface area (Å²) in [5.41, 5.74) is 4.07. The van der Waals surface area contributed by atoms with Crippen molar-refractivity contribution >= 4 is 34.8 Å². The number of anilines is 1. The largest absolute Gasteiger partial charge is 0.495 e. The van der Waals surface area contributed by atoms with E-state index >= 15 is 0 Å². The molecule has 0 atom stereocenters. The summed E-state index contributed by atoms with van der Waals surface area (Å²) in [6.45, 7) is 3.73. The molecule has 0 spiro atoms. The van der Waals surface area contributed by atoms with Crippen LogP contribution in [0, 0.1) is 6.92 Å². The van der Waals surface area contributed by atoms with Gasteiger partial charge in [0.2, 0.25) is 11.8 Å². The van der Waals surface area contributed by atoms with E-state index in [9.17, 15) is 9.59 Å². The van der Waals surface area contributed by atoms with Crippen LogP contribution in [0.15, 0.2) is 59.4 Å². The van der Waals surface area contributed by atoms with Crippen molar-refractivity contribution in [3.05, 3.63) is 97.3 Å². The molecule has 5 rings (SSSR count). The number of fused-ring (bicyclic) bond motifs is 2. The third-order valence-electron chi connectivity index (χ3n) is 6.42. The van der Waals surface area contributed by atoms with Crippen molar-refractivity contribution in [1.29, 1.82) is 0 Å². The Morgan fingerprint density at radius 1 is 1.11 bits per heavy atom. The van der Waals surface area contributed by atoms with E-state index in [4.69, 9.17) is 32.7 Å². The molecule has 0 unspecified atom stereocenters. The zero-order valence-electron chi connectivity index (χ0n) is 20.6. The molecule has 0 aliphatic carbocycles. The van der Waals surface area contributed by atoms with Gasteiger partial charge in [-0.2, -0.15) is 0 Å². The predicted octanol–water partition coefficient (Wildman–Crippen LogP) is 6.16. The van der Waals surface area contributed by atoms with Gasteiger partial charge in [-0.1, -0.05) is 42.3 Å². The molecule has 1 aromatic heterocycles. The zero-order valence-corrected chi connectivity index (χ0v) is 22.1. The summed E-state index contributed by atoms with van der Waals surface area (Å²) in [4.78, 5) is 27.0. The van der Waals surface area contributed by atoms with E-state index in [-0.39, 0.29) is 18.0 Å². The fourth-order valence-corrected chi connectivity index (χ4v) is 4.80. The maximum atomic E-state index is 13.7. The number of aryl methyl sites for hydroxylation is 2. The lowest BCUT2D eigenvalue weighted by Crippen LogP contribution is -2.27. The quantitative estimate of drug-likeness (QED) is 0.281. The standard InChI is InChI=1S/C28H25Cl2N3O4/c1-4-17-5-8-20(9-6-17)33-27(35)21-13-18-12-19(29)7-10-24(18)37-28(21)32(33)15-26(34)31-23-11-16(2)22(30)14-25(23)36-3/h5-12,14H,4,13,15H2,1-3H3,(H,31,34). The number of carbonyl (C=O) groups excluding carboxylic acids is 1. The second-order valence-electron chi connectivity index (χ2n) is 8.86. The van der Waals surface area contributed by atoms with E-state index in [2.05, 4.69) is 12.2 Å². The lowest BCUT2D eigenvalue weighted by molar-refractivity contribution is -0.117. The molecule has 7 nitrogen and oxygen atoms in total. The molecule has 0 saturated carbocycles. The van der Waals surface area contributed by atoms with E-state index in [0.717, 1.165) is 23.1 Å². The molecule has 1 amide bonds. The molecule has 3 aromatic carbocycles. The molecule has 37 heavy (non-hydrogen) atoms. The number of nitrogens with zero attached hydrogens (tertiary/aromatic N) is 2. The van der Waals surface area contributed by atoms with Gasteiger partial charge in [-0.15, -0.1) is 0 Å². The Bertz CT molecular complexity index is 1570. The average Bonchev–Trinajstić information content (AvgIpc) is 3.14. The molecular formula is C28H25Cl2N3O4. The van der Waals surface area contributed by atoms with Crippen molar-refractivity contribution < 1.29 is 14.3 Å². The fraction of sp³-hybridized carbons (Fsp3) is 0.214. The van der Waals surface area contributed by atoms with Crippen LogP contribution in [-0.4, -0.2) is 22.4 Å². The van der Waals surface area contributed by atoms with Gasteiger partial charge in [0.25, 0.3) is 5.56 Å². The molecule has 1 N–H and O–H groups in total. The van der Waals surface area contributed by atoms with Crippen molar-refractivity contribution in [1.82, 2.24) is 9.36 Å². The Hall–Kier alpha value is -3.68. The molecule has 190 valence electrons. The normalized spacial score (nSPS) is 11.9. The zero-order chi connectivity index (χ0) is 26.3. The molecule has 0 bridgehead atoms. The summed E-state index contributed by atoms with van der Waals surface area (Å²) in [6, 6.07) is 16.4. The Labute approximate surface area is 224 Å². The van der Waals surface area contributed by atoms with Crippen molar-refractivity contribution in [2.24, 2.45) is 0 Å². The monoisotopic (exact) mass is 537 g/mol. The molecular weight excluding hydrogens is 513 g/mol. The highest BCUT2D eigenvalue weighted by atomic mass is 35.5. The van der Waals surface area contributed by atoms with E-state index in [1.165, 1.54) is 11.8 Å². The van der Waals surface area contributed by atoms with Gasteiger partial charge in [0.1, 0.15) is 18.0 Å². The minimum Gasteiger partial charge on any atom is -0.495 e. The van der Waals surface area contributed by atoms with Crippen LogP contribution in [0.3, 0.4) is 0 Å². The first kappa shape index (κ1) is 25.0. The first-order valence-electron chi connectivity index (χ1n) is 11.8. The Morgan fingerprint density at radius 3 is 2.57 bits per heavy atom. The fourth-order valence-electron chi connectivity index (χ4n) is 4.45. The first-order chi connectivity index (χ1) is 17.8. The molecule has 1 aliphatic heterocycles. The third kappa shape index (κ3) is 4.72. The van der Waals surface area contributed by atoms with Crippen molar-refractivity contribution in [3.8, 4) is 23.1 Å². The van der Waals surface area contributed by atoms with Crippen LogP contribution < -0.4 is 20.3 Å². The Kier molecular flexibility index (Phi) is 6.75. The van der Waals surface area contributed by atoms with Crippen molar-refractivity contribution in [2.75, 3.05) is 12.4 Å². The summed E-state index contributed by atoms with van der Waals surface area (Å²) in [6.07, 6.45) is 1.21. The van der Waals surface area contributed by atoms with Crippen LogP contribution in [0.5, 0.6) is 17.4 Å². The third-order valence-corrected chi connectivity index (χ3v) is 7.06. The van der Waals surface area contributed by atoms with E-state index in [1.54, 1.807) is 35.0 Å². The number of hydrogen-bond acceptors (Lipinski definition) is 4. The van der Waals surface area contributed by atoms with Gasteiger partial charge in [0, 0.05) is 28.1 Å². The van der Waals surface area contributed by atoms with Crippen LogP contribution in [0.1, 0.15) is 29.2 Å². The van der Waals surface area contributed by atoms with Gasteiger partial charge in [0.05, 0.1) is 24.0 Å². The number of ether oxygens (including phenoxy) is 2. The van der Waals surface area contributed by atoms with Crippen molar-refractivity contribution in [2.45, 2.75) is 33.2 Å². The Balaban J connectivity index is 1.57. The highest BCUT2D eigenvalue weighted by Gasteiger charge is 2.29. The van der Waals surface area contributed by atoms with E-state index in [0.29, 0.717) is 50.8 Å². The number of amides is 1. The van der Waals surface area contributed by atoms with Gasteiger partial charge >= 0.3 is 0 Å². The van der Waals surface area contributed by atoms with Gasteiger partial charge in [-0.25, -0.2) is 9.36 Å². The van der Waals surface area contributed by atoms with Crippen LogP contribution >= 0.6 is 23.2 Å². The van der Waals surface area contributed by atoms with Gasteiger partial charge in [0.15, 0.2) is 0 Å². The molecule has 1 aliphatic rings. The average molecular weight is 538 g/mol. The number of aromatic nitrogens is 2. The number of benzene rings is 3. The summed E-state index contributed by atoms with van der Waals surface area (Å²) < 4.78 is 14.6. The van der Waals surface area contributed by atoms with Gasteiger partial charge in [-0.3, -0.25) is 9.59 Å². The van der Waals surface area contributed by atoms with E-state index in [1.807, 2.05) is 31.2 Å². The van der Waals surface area contributed by atoms with Crippen LogP contribution in [0.2, 0.25) is 10.0 Å². The number of rotatable bonds is 6. The maximum absolute atomic E-state index is 13.7. The SMILES string of the molecule is CCc1ccc(-n2c(=O)c3c(n2CC(=O)Nc2cc(C)c(Cl)cc2OC)Oc2ccc(Cl)cc2C3)cc1. The minimum atomic E-state index is -0.359. The molecule has 0 radical (unpaired) electrons. The first-order valence-corrected chi connectivity index (χ1v) is 12.6. The molecule has 9 heteroatoms. The van der Waals surface area contributed by atoms with Crippen LogP contribution in [-0.2, 0) is 24.2 Å². The molecule has 2 heterocycles. The molecule has 4 aromatic rings. The Morgan fingerprint density at radius 2 is 1.86 bits per heavy atom. The van der Waals surface area contributed by atoms with Crippen LogP contribution in [0.4, 0.5) is 5.69 Å².